The molecule has 9 heteroatoms. The topological polar surface area (TPSA) is 83.7 Å². The first-order chi connectivity index (χ1) is 17.7. The van der Waals surface area contributed by atoms with E-state index in [1.165, 1.54) is 0 Å². The van der Waals surface area contributed by atoms with E-state index >= 15 is 0 Å². The number of amides is 1. The van der Waals surface area contributed by atoms with Gasteiger partial charge in [-0.3, -0.25) is 9.88 Å². The molecule has 1 amide bonds. The van der Waals surface area contributed by atoms with Gasteiger partial charge in [0.15, 0.2) is 0 Å². The smallest absolute Gasteiger partial charge is 0.410 e. The van der Waals surface area contributed by atoms with Gasteiger partial charge in [0.05, 0.1) is 36.1 Å². The predicted octanol–water partition coefficient (Wildman–Crippen LogP) is 4.48. The summed E-state index contributed by atoms with van der Waals surface area (Å²) in [4.78, 5) is 25.6. The van der Waals surface area contributed by atoms with Crippen molar-refractivity contribution in [2.75, 3.05) is 26.2 Å². The lowest BCUT2D eigenvalue weighted by atomic mass is 9.84. The molecule has 0 spiro atoms. The van der Waals surface area contributed by atoms with Gasteiger partial charge in [0.2, 0.25) is 0 Å². The Kier molecular flexibility index (Phi) is 6.83. The molecular weight excluding hydrogens is 490 g/mol. The van der Waals surface area contributed by atoms with Crippen LogP contribution in [0.5, 0.6) is 0 Å². The number of carbonyl (C=O) groups is 1. The molecule has 3 aromatic rings. The fourth-order valence-electron chi connectivity index (χ4n) is 5.34. The van der Waals surface area contributed by atoms with Crippen LogP contribution in [0.1, 0.15) is 54.9 Å². The van der Waals surface area contributed by atoms with Gasteiger partial charge < -0.3 is 19.3 Å². The Morgan fingerprint density at radius 2 is 1.97 bits per heavy atom. The maximum absolute atomic E-state index is 12.5. The molecule has 0 saturated carbocycles. The zero-order valence-corrected chi connectivity index (χ0v) is 22.3. The number of carbonyl (C=O) groups excluding carboxylic acids is 1. The maximum atomic E-state index is 12.5. The number of aromatic nitrogens is 3. The molecule has 2 aliphatic rings. The molecule has 8 nitrogen and oxygen atoms in total. The molecular formula is C28H32ClN5O3. The first kappa shape index (κ1) is 25.4. The van der Waals surface area contributed by atoms with Crippen LogP contribution in [0.25, 0.3) is 11.6 Å². The first-order valence-electron chi connectivity index (χ1n) is 12.5. The average Bonchev–Trinajstić information content (AvgIpc) is 3.24. The molecule has 1 saturated heterocycles. The highest BCUT2D eigenvalue weighted by molar-refractivity contribution is 6.30. The Morgan fingerprint density at radius 1 is 1.22 bits per heavy atom. The summed E-state index contributed by atoms with van der Waals surface area (Å²) < 4.78 is 7.24. The zero-order chi connectivity index (χ0) is 26.3. The van der Waals surface area contributed by atoms with Crippen molar-refractivity contribution >= 4 is 29.3 Å². The number of rotatable bonds is 4. The molecule has 0 radical (unpaired) electrons. The minimum absolute atomic E-state index is 0.156. The summed E-state index contributed by atoms with van der Waals surface area (Å²) in [6.07, 6.45) is 6.75. The minimum atomic E-state index is -1.34. The number of fused-ring (bicyclic) bond motifs is 2. The molecule has 0 unspecified atom stereocenters. The molecule has 1 aliphatic carbocycles. The highest BCUT2D eigenvalue weighted by Gasteiger charge is 2.39. The van der Waals surface area contributed by atoms with Gasteiger partial charge >= 0.3 is 6.09 Å². The summed E-state index contributed by atoms with van der Waals surface area (Å²) in [6.45, 7) is 7.92. The SMILES string of the molecule is CC(C)OC(=O)N1CCN([C@H]2c3ccc(Cl)cc3C([C@](C)(O)c3cncn3C)=Cc3cccnc32)CC1. The van der Waals surface area contributed by atoms with Crippen LogP contribution in [-0.4, -0.2) is 67.8 Å². The summed E-state index contributed by atoms with van der Waals surface area (Å²) in [5, 5.41) is 12.6. The molecule has 2 aromatic heterocycles. The molecule has 1 aliphatic heterocycles. The van der Waals surface area contributed by atoms with Gasteiger partial charge in [-0.05, 0) is 67.3 Å². The molecule has 2 atom stereocenters. The van der Waals surface area contributed by atoms with E-state index in [4.69, 9.17) is 21.3 Å². The van der Waals surface area contributed by atoms with Crippen LogP contribution >= 0.6 is 11.6 Å². The second-order valence-corrected chi connectivity index (χ2v) is 10.5. The largest absolute Gasteiger partial charge is 0.447 e. The van der Waals surface area contributed by atoms with Gasteiger partial charge in [0, 0.05) is 44.4 Å². The van der Waals surface area contributed by atoms with Crippen molar-refractivity contribution in [3.05, 3.63) is 82.2 Å². The van der Waals surface area contributed by atoms with Gasteiger partial charge in [0.25, 0.3) is 0 Å². The standard InChI is InChI=1S/C28H32ClN5O3/c1-18(2)37-27(35)34-12-10-33(11-13-34)26-21-8-7-20(29)15-22(21)23(14-19-6-5-9-31-25(19)26)28(3,36)24-16-30-17-32(24)4/h5-9,14-18,26,36H,10-13H2,1-4H3/t26-,28-/m0/s1. The lowest BCUT2D eigenvalue weighted by molar-refractivity contribution is 0.0512. The Bertz CT molecular complexity index is 1340. The van der Waals surface area contributed by atoms with Crippen LogP contribution in [-0.2, 0) is 17.4 Å². The predicted molar refractivity (Wildman–Crippen MR) is 143 cm³/mol. The number of aryl methyl sites for hydroxylation is 1. The van der Waals surface area contributed by atoms with Crippen LogP contribution in [0.4, 0.5) is 4.79 Å². The highest BCUT2D eigenvalue weighted by Crippen LogP contribution is 2.46. The van der Waals surface area contributed by atoms with E-state index in [2.05, 4.69) is 9.88 Å². The van der Waals surface area contributed by atoms with Crippen LogP contribution < -0.4 is 0 Å². The summed E-state index contributed by atoms with van der Waals surface area (Å²) >= 11 is 6.53. The first-order valence-corrected chi connectivity index (χ1v) is 12.9. The van der Waals surface area contributed by atoms with Gasteiger partial charge in [-0.25, -0.2) is 9.78 Å². The number of halogens is 1. The van der Waals surface area contributed by atoms with Crippen molar-refractivity contribution in [3.63, 3.8) is 0 Å². The van der Waals surface area contributed by atoms with E-state index in [9.17, 15) is 9.90 Å². The Hall–Kier alpha value is -3.20. The summed E-state index contributed by atoms with van der Waals surface area (Å²) in [7, 11) is 1.87. The number of benzene rings is 1. The van der Waals surface area contributed by atoms with Crippen molar-refractivity contribution < 1.29 is 14.6 Å². The van der Waals surface area contributed by atoms with Crippen LogP contribution in [0, 0.1) is 0 Å². The van der Waals surface area contributed by atoms with Gasteiger partial charge in [-0.15, -0.1) is 0 Å². The number of aliphatic hydroxyl groups is 1. The highest BCUT2D eigenvalue weighted by atomic mass is 35.5. The maximum Gasteiger partial charge on any atom is 0.410 e. The van der Waals surface area contributed by atoms with Gasteiger partial charge in [-0.1, -0.05) is 23.7 Å². The fourth-order valence-corrected chi connectivity index (χ4v) is 5.51. The third-order valence-corrected chi connectivity index (χ3v) is 7.38. The molecule has 5 rings (SSSR count). The van der Waals surface area contributed by atoms with Crippen molar-refractivity contribution in [1.82, 2.24) is 24.3 Å². The molecule has 1 fully saturated rings. The lowest BCUT2D eigenvalue weighted by Gasteiger charge is -2.39. The normalized spacial score (nSPS) is 19.5. The number of hydrogen-bond acceptors (Lipinski definition) is 6. The van der Waals surface area contributed by atoms with E-state index in [-0.39, 0.29) is 18.2 Å². The summed E-state index contributed by atoms with van der Waals surface area (Å²) in [5.74, 6) is 0. The average molecular weight is 522 g/mol. The van der Waals surface area contributed by atoms with Crippen molar-refractivity contribution in [2.24, 2.45) is 7.05 Å². The fraction of sp³-hybridized carbons (Fsp3) is 0.393. The minimum Gasteiger partial charge on any atom is -0.447 e. The van der Waals surface area contributed by atoms with Crippen molar-refractivity contribution in [2.45, 2.75) is 38.5 Å². The van der Waals surface area contributed by atoms with Crippen LogP contribution in [0.15, 0.2) is 49.1 Å². The van der Waals surface area contributed by atoms with E-state index < -0.39 is 5.60 Å². The van der Waals surface area contributed by atoms with E-state index in [1.807, 2.05) is 61.9 Å². The number of imidazole rings is 1. The zero-order valence-electron chi connectivity index (χ0n) is 21.6. The van der Waals surface area contributed by atoms with Crippen LogP contribution in [0.3, 0.4) is 0 Å². The summed E-state index contributed by atoms with van der Waals surface area (Å²) in [5.41, 5.74) is 3.76. The Morgan fingerprint density at radius 3 is 2.65 bits per heavy atom. The number of ether oxygens (including phenoxy) is 1. The molecule has 3 heterocycles. The second kappa shape index (κ2) is 9.93. The van der Waals surface area contributed by atoms with E-state index in [0.717, 1.165) is 28.0 Å². The van der Waals surface area contributed by atoms with Gasteiger partial charge in [0.1, 0.15) is 5.60 Å². The molecule has 1 N–H and O–H groups in total. The summed E-state index contributed by atoms with van der Waals surface area (Å²) in [6, 6.07) is 9.59. The number of hydrogen-bond donors (Lipinski definition) is 1. The van der Waals surface area contributed by atoms with E-state index in [0.29, 0.717) is 36.9 Å². The van der Waals surface area contributed by atoms with Crippen LogP contribution in [0.2, 0.25) is 5.02 Å². The monoisotopic (exact) mass is 521 g/mol. The molecule has 0 bridgehead atoms. The Balaban J connectivity index is 1.59. The molecule has 1 aromatic carbocycles. The van der Waals surface area contributed by atoms with Gasteiger partial charge in [-0.2, -0.15) is 0 Å². The Labute approximate surface area is 222 Å². The van der Waals surface area contributed by atoms with Crippen molar-refractivity contribution in [1.29, 1.82) is 0 Å². The van der Waals surface area contributed by atoms with Crippen molar-refractivity contribution in [3.8, 4) is 0 Å². The molecule has 194 valence electrons. The number of piperazine rings is 1. The second-order valence-electron chi connectivity index (χ2n) is 10.1. The molecule has 37 heavy (non-hydrogen) atoms. The number of pyridine rings is 1. The third kappa shape index (κ3) is 4.77. The van der Waals surface area contributed by atoms with E-state index in [1.54, 1.807) is 30.5 Å². The third-order valence-electron chi connectivity index (χ3n) is 7.14. The lowest BCUT2D eigenvalue weighted by Crippen LogP contribution is -2.50. The quantitative estimate of drug-likeness (QED) is 0.545. The number of nitrogens with zero attached hydrogens (tertiary/aromatic N) is 5.